The number of fused-ring (bicyclic) bond motifs is 2. The standard InChI is InChI=1S/C20H34O4/c1-14-4-5-15-17(2,12-21)16(22)6-7-18(15,3)20(14)9-8-19(24-20)10-11-23-13-19/h14-16,21-22H,4-13H2,1-3H3/t14-,15-,16+,17+,18-,19-,20-/m0/s1. The third-order valence-electron chi connectivity index (χ3n) is 8.67. The van der Waals surface area contributed by atoms with Gasteiger partial charge in [-0.3, -0.25) is 0 Å². The van der Waals surface area contributed by atoms with Crippen molar-refractivity contribution in [3.63, 3.8) is 0 Å². The minimum atomic E-state index is -0.411. The largest absolute Gasteiger partial charge is 0.396 e. The summed E-state index contributed by atoms with van der Waals surface area (Å²) in [5.74, 6) is 0.837. The van der Waals surface area contributed by atoms with Crippen molar-refractivity contribution in [3.05, 3.63) is 0 Å². The number of rotatable bonds is 1. The first-order valence-corrected chi connectivity index (χ1v) is 9.89. The van der Waals surface area contributed by atoms with E-state index in [1.165, 1.54) is 0 Å². The lowest BCUT2D eigenvalue weighted by molar-refractivity contribution is -0.266. The van der Waals surface area contributed by atoms with E-state index in [1.54, 1.807) is 0 Å². The minimum Gasteiger partial charge on any atom is -0.396 e. The van der Waals surface area contributed by atoms with Gasteiger partial charge in [0.05, 0.1) is 30.5 Å². The second kappa shape index (κ2) is 5.42. The second-order valence-corrected chi connectivity index (χ2v) is 9.64. The van der Waals surface area contributed by atoms with Crippen LogP contribution < -0.4 is 0 Å². The van der Waals surface area contributed by atoms with Gasteiger partial charge in [0.2, 0.25) is 0 Å². The molecule has 4 fully saturated rings. The van der Waals surface area contributed by atoms with E-state index in [1.807, 2.05) is 0 Å². The van der Waals surface area contributed by atoms with Gasteiger partial charge < -0.3 is 19.7 Å². The molecule has 24 heavy (non-hydrogen) atoms. The molecule has 0 aromatic heterocycles. The average Bonchev–Trinajstić information content (AvgIpc) is 3.18. The van der Waals surface area contributed by atoms with Crippen LogP contribution >= 0.6 is 0 Å². The van der Waals surface area contributed by atoms with E-state index in [-0.39, 0.29) is 23.2 Å². The maximum Gasteiger partial charge on any atom is 0.0945 e. The summed E-state index contributed by atoms with van der Waals surface area (Å²) in [6.45, 7) is 8.46. The summed E-state index contributed by atoms with van der Waals surface area (Å²) in [6.07, 6.45) is 6.78. The van der Waals surface area contributed by atoms with Crippen molar-refractivity contribution in [1.82, 2.24) is 0 Å². The third-order valence-corrected chi connectivity index (χ3v) is 8.67. The highest BCUT2D eigenvalue weighted by Crippen LogP contribution is 2.68. The Morgan fingerprint density at radius 2 is 1.83 bits per heavy atom. The second-order valence-electron chi connectivity index (χ2n) is 9.64. The summed E-state index contributed by atoms with van der Waals surface area (Å²) >= 11 is 0. The zero-order chi connectivity index (χ0) is 17.2. The van der Waals surface area contributed by atoms with Crippen LogP contribution in [0.25, 0.3) is 0 Å². The monoisotopic (exact) mass is 338 g/mol. The van der Waals surface area contributed by atoms with Crippen LogP contribution in [-0.4, -0.2) is 47.3 Å². The summed E-state index contributed by atoms with van der Waals surface area (Å²) in [5.41, 5.74) is -0.593. The first-order valence-electron chi connectivity index (χ1n) is 9.89. The summed E-state index contributed by atoms with van der Waals surface area (Å²) in [7, 11) is 0. The van der Waals surface area contributed by atoms with Crippen molar-refractivity contribution in [2.45, 2.75) is 83.0 Å². The van der Waals surface area contributed by atoms with Crippen LogP contribution in [0.3, 0.4) is 0 Å². The van der Waals surface area contributed by atoms with Crippen LogP contribution in [-0.2, 0) is 9.47 Å². The van der Waals surface area contributed by atoms with Gasteiger partial charge in [0.1, 0.15) is 0 Å². The Morgan fingerprint density at radius 1 is 1.04 bits per heavy atom. The molecule has 7 atom stereocenters. The number of aliphatic hydroxyl groups excluding tert-OH is 2. The van der Waals surface area contributed by atoms with Gasteiger partial charge in [0.25, 0.3) is 0 Å². The normalized spacial score (nSPS) is 57.6. The molecule has 0 aromatic carbocycles. The molecule has 2 aliphatic heterocycles. The molecule has 138 valence electrons. The molecule has 2 heterocycles. The van der Waals surface area contributed by atoms with Crippen molar-refractivity contribution < 1.29 is 19.7 Å². The van der Waals surface area contributed by atoms with Gasteiger partial charge in [0.15, 0.2) is 0 Å². The first kappa shape index (κ1) is 17.3. The van der Waals surface area contributed by atoms with Gasteiger partial charge in [-0.1, -0.05) is 20.8 Å². The van der Waals surface area contributed by atoms with Gasteiger partial charge >= 0.3 is 0 Å². The smallest absolute Gasteiger partial charge is 0.0945 e. The van der Waals surface area contributed by atoms with Crippen molar-refractivity contribution in [2.24, 2.45) is 22.7 Å². The molecule has 2 spiro atoms. The molecule has 0 unspecified atom stereocenters. The quantitative estimate of drug-likeness (QED) is 0.772. The topological polar surface area (TPSA) is 58.9 Å². The Bertz CT molecular complexity index is 502. The SMILES string of the molecule is C[C@H]1CC[C@H]2[C@@](C)(CO)[C@H](O)CC[C@]2(C)[C@]12CC[C@@]1(CCOC1)O2. The van der Waals surface area contributed by atoms with Crippen LogP contribution in [0, 0.1) is 22.7 Å². The predicted molar refractivity (Wildman–Crippen MR) is 91.6 cm³/mol. The zero-order valence-electron chi connectivity index (χ0n) is 15.5. The molecular formula is C20H34O4. The molecule has 2 saturated carbocycles. The number of hydrogen-bond donors (Lipinski definition) is 2. The molecule has 4 heteroatoms. The van der Waals surface area contributed by atoms with E-state index in [0.29, 0.717) is 11.8 Å². The van der Waals surface area contributed by atoms with Gasteiger partial charge in [-0.05, 0) is 50.4 Å². The lowest BCUT2D eigenvalue weighted by atomic mass is 9.43. The molecule has 2 saturated heterocycles. The van der Waals surface area contributed by atoms with E-state index >= 15 is 0 Å². The molecule has 0 bridgehead atoms. The van der Waals surface area contributed by atoms with E-state index in [2.05, 4.69) is 20.8 Å². The lowest BCUT2D eigenvalue weighted by Crippen LogP contribution is -2.66. The minimum absolute atomic E-state index is 0.0213. The average molecular weight is 338 g/mol. The zero-order valence-corrected chi connectivity index (χ0v) is 15.5. The molecular weight excluding hydrogens is 304 g/mol. The van der Waals surface area contributed by atoms with Crippen LogP contribution in [0.2, 0.25) is 0 Å². The summed E-state index contributed by atoms with van der Waals surface area (Å²) < 4.78 is 12.7. The van der Waals surface area contributed by atoms with Crippen molar-refractivity contribution >= 4 is 0 Å². The number of ether oxygens (including phenoxy) is 2. The van der Waals surface area contributed by atoms with Gasteiger partial charge in [0, 0.05) is 23.9 Å². The Labute approximate surface area is 145 Å². The van der Waals surface area contributed by atoms with Crippen LogP contribution in [0.1, 0.15) is 65.7 Å². The van der Waals surface area contributed by atoms with Crippen LogP contribution in [0.15, 0.2) is 0 Å². The summed E-state index contributed by atoms with van der Waals surface area (Å²) in [4.78, 5) is 0. The van der Waals surface area contributed by atoms with E-state index in [0.717, 1.165) is 58.2 Å². The predicted octanol–water partition coefficient (Wildman–Crippen LogP) is 2.90. The highest BCUT2D eigenvalue weighted by molar-refractivity contribution is 5.17. The number of hydrogen-bond acceptors (Lipinski definition) is 4. The van der Waals surface area contributed by atoms with Crippen molar-refractivity contribution in [1.29, 1.82) is 0 Å². The molecule has 4 rings (SSSR count). The van der Waals surface area contributed by atoms with Gasteiger partial charge in [-0.15, -0.1) is 0 Å². The summed E-state index contributed by atoms with van der Waals surface area (Å²) in [5, 5.41) is 20.8. The molecule has 0 aromatic rings. The highest BCUT2D eigenvalue weighted by Gasteiger charge is 2.69. The first-order chi connectivity index (χ1) is 11.3. The highest BCUT2D eigenvalue weighted by atomic mass is 16.6. The maximum absolute atomic E-state index is 10.7. The third kappa shape index (κ3) is 2.00. The van der Waals surface area contributed by atoms with E-state index in [4.69, 9.17) is 9.47 Å². The van der Waals surface area contributed by atoms with Crippen molar-refractivity contribution in [3.8, 4) is 0 Å². The molecule has 2 N–H and O–H groups in total. The Morgan fingerprint density at radius 3 is 2.50 bits per heavy atom. The molecule has 4 aliphatic rings. The van der Waals surface area contributed by atoms with Crippen molar-refractivity contribution in [2.75, 3.05) is 19.8 Å². The summed E-state index contributed by atoms with van der Waals surface area (Å²) in [6, 6.07) is 0. The van der Waals surface area contributed by atoms with Crippen LogP contribution in [0.4, 0.5) is 0 Å². The number of aliphatic hydroxyl groups is 2. The fourth-order valence-electron chi connectivity index (χ4n) is 7.00. The Balaban J connectivity index is 1.74. The molecule has 0 amide bonds. The van der Waals surface area contributed by atoms with E-state index in [9.17, 15) is 10.2 Å². The van der Waals surface area contributed by atoms with E-state index < -0.39 is 11.5 Å². The van der Waals surface area contributed by atoms with Gasteiger partial charge in [-0.25, -0.2) is 0 Å². The molecule has 4 nitrogen and oxygen atoms in total. The fraction of sp³-hybridized carbons (Fsp3) is 1.00. The Kier molecular flexibility index (Phi) is 3.90. The van der Waals surface area contributed by atoms with Crippen LogP contribution in [0.5, 0.6) is 0 Å². The molecule has 0 radical (unpaired) electrons. The fourth-order valence-corrected chi connectivity index (χ4v) is 7.00. The van der Waals surface area contributed by atoms with Gasteiger partial charge in [-0.2, -0.15) is 0 Å². The molecule has 2 aliphatic carbocycles. The lowest BCUT2D eigenvalue weighted by Gasteiger charge is -2.65. The maximum atomic E-state index is 10.7. The Hall–Kier alpha value is -0.160.